The van der Waals surface area contributed by atoms with Gasteiger partial charge in [0.15, 0.2) is 0 Å². The standard InChI is InChI=1S/C8H16O2/c1-2-8(7-10)5-3-4-6-9/h2,9-10H,3-7H2,1H3. The lowest BCUT2D eigenvalue weighted by molar-refractivity contribution is 0.281. The maximum atomic E-state index is 8.69. The Labute approximate surface area is 62.2 Å². The fraction of sp³-hybridized carbons (Fsp3) is 0.750. The van der Waals surface area contributed by atoms with Crippen LogP contribution in [0.25, 0.3) is 0 Å². The Bertz CT molecular complexity index is 97.4. The Hall–Kier alpha value is -0.340. The van der Waals surface area contributed by atoms with Gasteiger partial charge in [-0.05, 0) is 31.8 Å². The maximum absolute atomic E-state index is 8.69. The van der Waals surface area contributed by atoms with Crippen molar-refractivity contribution in [2.45, 2.75) is 26.2 Å². The molecule has 0 saturated heterocycles. The van der Waals surface area contributed by atoms with Crippen LogP contribution in [-0.2, 0) is 0 Å². The first-order valence-electron chi connectivity index (χ1n) is 3.71. The van der Waals surface area contributed by atoms with Crippen LogP contribution in [0.5, 0.6) is 0 Å². The van der Waals surface area contributed by atoms with Gasteiger partial charge in [-0.15, -0.1) is 0 Å². The van der Waals surface area contributed by atoms with Crippen LogP contribution in [0.4, 0.5) is 0 Å². The fourth-order valence-electron chi connectivity index (χ4n) is 0.779. The Morgan fingerprint density at radius 3 is 2.40 bits per heavy atom. The zero-order valence-electron chi connectivity index (χ0n) is 6.51. The summed E-state index contributed by atoms with van der Waals surface area (Å²) < 4.78 is 0. The Balaban J connectivity index is 3.27. The second kappa shape index (κ2) is 6.78. The zero-order chi connectivity index (χ0) is 7.82. The molecule has 0 aromatic rings. The molecule has 0 unspecified atom stereocenters. The molecule has 0 heterocycles. The number of aliphatic hydroxyl groups is 2. The lowest BCUT2D eigenvalue weighted by Gasteiger charge is -2.00. The van der Waals surface area contributed by atoms with E-state index in [-0.39, 0.29) is 13.2 Å². The Morgan fingerprint density at radius 1 is 1.30 bits per heavy atom. The minimum absolute atomic E-state index is 0.155. The van der Waals surface area contributed by atoms with Crippen molar-refractivity contribution in [3.8, 4) is 0 Å². The van der Waals surface area contributed by atoms with E-state index >= 15 is 0 Å². The minimum Gasteiger partial charge on any atom is -0.396 e. The van der Waals surface area contributed by atoms with E-state index in [1.54, 1.807) is 0 Å². The van der Waals surface area contributed by atoms with E-state index in [1.807, 2.05) is 13.0 Å². The molecule has 60 valence electrons. The molecule has 0 saturated carbocycles. The van der Waals surface area contributed by atoms with Crippen molar-refractivity contribution in [2.24, 2.45) is 0 Å². The molecule has 0 aliphatic rings. The van der Waals surface area contributed by atoms with Crippen molar-refractivity contribution in [3.05, 3.63) is 11.6 Å². The summed E-state index contributed by atoms with van der Waals surface area (Å²) >= 11 is 0. The summed E-state index contributed by atoms with van der Waals surface area (Å²) in [6, 6.07) is 0. The van der Waals surface area contributed by atoms with Crippen molar-refractivity contribution < 1.29 is 10.2 Å². The van der Waals surface area contributed by atoms with Gasteiger partial charge in [0, 0.05) is 6.61 Å². The number of hydrogen-bond donors (Lipinski definition) is 2. The van der Waals surface area contributed by atoms with Gasteiger partial charge in [0.1, 0.15) is 0 Å². The predicted molar refractivity (Wildman–Crippen MR) is 41.8 cm³/mol. The quantitative estimate of drug-likeness (QED) is 0.448. The van der Waals surface area contributed by atoms with Crippen LogP contribution in [0.3, 0.4) is 0 Å². The first kappa shape index (κ1) is 9.66. The Morgan fingerprint density at radius 2 is 2.00 bits per heavy atom. The van der Waals surface area contributed by atoms with E-state index in [9.17, 15) is 0 Å². The average molecular weight is 144 g/mol. The highest BCUT2D eigenvalue weighted by Crippen LogP contribution is 2.05. The van der Waals surface area contributed by atoms with Crippen molar-refractivity contribution in [2.75, 3.05) is 13.2 Å². The molecule has 2 heteroatoms. The first-order valence-corrected chi connectivity index (χ1v) is 3.71. The van der Waals surface area contributed by atoms with Gasteiger partial charge in [0.2, 0.25) is 0 Å². The van der Waals surface area contributed by atoms with Crippen LogP contribution in [0.2, 0.25) is 0 Å². The highest BCUT2D eigenvalue weighted by molar-refractivity contribution is 4.99. The van der Waals surface area contributed by atoms with E-state index in [1.165, 1.54) is 0 Å². The number of aliphatic hydroxyl groups excluding tert-OH is 2. The zero-order valence-corrected chi connectivity index (χ0v) is 6.51. The molecule has 0 bridgehead atoms. The molecule has 0 aliphatic carbocycles. The number of unbranched alkanes of at least 4 members (excludes halogenated alkanes) is 1. The lowest BCUT2D eigenvalue weighted by atomic mass is 10.1. The molecule has 0 radical (unpaired) electrons. The van der Waals surface area contributed by atoms with Gasteiger partial charge in [-0.25, -0.2) is 0 Å². The van der Waals surface area contributed by atoms with E-state index in [0.717, 1.165) is 24.8 Å². The third-order valence-electron chi connectivity index (χ3n) is 1.52. The average Bonchev–Trinajstić information content (AvgIpc) is 1.99. The molecule has 0 fully saturated rings. The van der Waals surface area contributed by atoms with Crippen molar-refractivity contribution in [1.82, 2.24) is 0 Å². The topological polar surface area (TPSA) is 40.5 Å². The molecule has 0 aromatic heterocycles. The summed E-state index contributed by atoms with van der Waals surface area (Å²) in [6.45, 7) is 2.33. The number of allylic oxidation sites excluding steroid dienone is 1. The Kier molecular flexibility index (Phi) is 6.55. The van der Waals surface area contributed by atoms with E-state index in [0.29, 0.717) is 0 Å². The molecule has 0 aliphatic heterocycles. The molecule has 0 rings (SSSR count). The maximum Gasteiger partial charge on any atom is 0.0641 e. The summed E-state index contributed by atoms with van der Waals surface area (Å²) in [6.07, 6.45) is 4.64. The molecule has 0 spiro atoms. The SMILES string of the molecule is CC=C(CO)CCCCO. The van der Waals surface area contributed by atoms with Gasteiger partial charge in [-0.1, -0.05) is 6.08 Å². The second-order valence-corrected chi connectivity index (χ2v) is 2.29. The van der Waals surface area contributed by atoms with E-state index in [2.05, 4.69) is 0 Å². The lowest BCUT2D eigenvalue weighted by Crippen LogP contribution is -1.91. The molecule has 2 nitrogen and oxygen atoms in total. The normalized spacial score (nSPS) is 12.1. The summed E-state index contributed by atoms with van der Waals surface area (Å²) in [4.78, 5) is 0. The van der Waals surface area contributed by atoms with Gasteiger partial charge in [0.05, 0.1) is 6.61 Å². The molecule has 0 aromatic carbocycles. The van der Waals surface area contributed by atoms with Gasteiger partial charge in [-0.3, -0.25) is 0 Å². The van der Waals surface area contributed by atoms with Gasteiger partial charge >= 0.3 is 0 Å². The predicted octanol–water partition coefficient (Wildman–Crippen LogP) is 1.09. The highest BCUT2D eigenvalue weighted by atomic mass is 16.3. The number of rotatable bonds is 5. The minimum atomic E-state index is 0.155. The van der Waals surface area contributed by atoms with Gasteiger partial charge < -0.3 is 10.2 Å². The van der Waals surface area contributed by atoms with Gasteiger partial charge in [-0.2, -0.15) is 0 Å². The molecular formula is C8H16O2. The van der Waals surface area contributed by atoms with Crippen LogP contribution in [0, 0.1) is 0 Å². The van der Waals surface area contributed by atoms with E-state index in [4.69, 9.17) is 10.2 Å². The van der Waals surface area contributed by atoms with Crippen molar-refractivity contribution in [1.29, 1.82) is 0 Å². The van der Waals surface area contributed by atoms with Crippen LogP contribution >= 0.6 is 0 Å². The highest BCUT2D eigenvalue weighted by Gasteiger charge is 1.92. The van der Waals surface area contributed by atoms with E-state index < -0.39 is 0 Å². The third-order valence-corrected chi connectivity index (χ3v) is 1.52. The largest absolute Gasteiger partial charge is 0.396 e. The summed E-state index contributed by atoms with van der Waals surface area (Å²) in [5, 5.41) is 17.1. The summed E-state index contributed by atoms with van der Waals surface area (Å²) in [5.41, 5.74) is 1.06. The van der Waals surface area contributed by atoms with Crippen LogP contribution < -0.4 is 0 Å². The fourth-order valence-corrected chi connectivity index (χ4v) is 0.779. The molecule has 0 atom stereocenters. The smallest absolute Gasteiger partial charge is 0.0641 e. The van der Waals surface area contributed by atoms with Crippen molar-refractivity contribution in [3.63, 3.8) is 0 Å². The molecule has 10 heavy (non-hydrogen) atoms. The molecular weight excluding hydrogens is 128 g/mol. The summed E-state index contributed by atoms with van der Waals surface area (Å²) in [7, 11) is 0. The van der Waals surface area contributed by atoms with Crippen molar-refractivity contribution >= 4 is 0 Å². The molecule has 0 amide bonds. The summed E-state index contributed by atoms with van der Waals surface area (Å²) in [5.74, 6) is 0. The first-order chi connectivity index (χ1) is 4.85. The van der Waals surface area contributed by atoms with Crippen LogP contribution in [-0.4, -0.2) is 23.4 Å². The molecule has 2 N–H and O–H groups in total. The number of hydrogen-bond acceptors (Lipinski definition) is 2. The van der Waals surface area contributed by atoms with Gasteiger partial charge in [0.25, 0.3) is 0 Å². The third kappa shape index (κ3) is 4.53. The van der Waals surface area contributed by atoms with Crippen LogP contribution in [0.15, 0.2) is 11.6 Å². The monoisotopic (exact) mass is 144 g/mol. The van der Waals surface area contributed by atoms with Crippen LogP contribution in [0.1, 0.15) is 26.2 Å². The second-order valence-electron chi connectivity index (χ2n) is 2.29.